The Morgan fingerprint density at radius 1 is 1.21 bits per heavy atom. The molecule has 0 saturated heterocycles. The van der Waals surface area contributed by atoms with E-state index in [4.69, 9.17) is 10.3 Å². The second-order valence-corrected chi connectivity index (χ2v) is 2.92. The lowest BCUT2D eigenvalue weighted by molar-refractivity contribution is 0.206. The van der Waals surface area contributed by atoms with Crippen molar-refractivity contribution in [2.24, 2.45) is 5.11 Å². The van der Waals surface area contributed by atoms with Gasteiger partial charge in [0.15, 0.2) is 0 Å². The van der Waals surface area contributed by atoms with Gasteiger partial charge in [0.25, 0.3) is 0 Å². The van der Waals surface area contributed by atoms with Crippen molar-refractivity contribution < 1.29 is 4.74 Å². The number of rotatable bonds is 2. The van der Waals surface area contributed by atoms with E-state index >= 15 is 0 Å². The predicted octanol–water partition coefficient (Wildman–Crippen LogP) is 2.97. The maximum Gasteiger partial charge on any atom is 0.227 e. The molecular formula is C11H10N2O. The highest BCUT2D eigenvalue weighted by Gasteiger charge is 2.11. The van der Waals surface area contributed by atoms with Crippen LogP contribution in [0.15, 0.2) is 53.7 Å². The molecule has 0 amide bonds. The van der Waals surface area contributed by atoms with Gasteiger partial charge in [-0.25, -0.2) is 5.53 Å². The summed E-state index contributed by atoms with van der Waals surface area (Å²) < 4.78 is 5.44. The van der Waals surface area contributed by atoms with Crippen LogP contribution in [0.2, 0.25) is 0 Å². The van der Waals surface area contributed by atoms with Gasteiger partial charge >= 0.3 is 0 Å². The van der Waals surface area contributed by atoms with E-state index in [1.807, 2.05) is 42.5 Å². The lowest BCUT2D eigenvalue weighted by Gasteiger charge is -2.16. The molecule has 0 fully saturated rings. The minimum absolute atomic E-state index is 0.477. The molecule has 0 aromatic heterocycles. The summed E-state index contributed by atoms with van der Waals surface area (Å²) >= 11 is 0. The van der Waals surface area contributed by atoms with Crippen molar-refractivity contribution in [2.75, 3.05) is 0 Å². The van der Waals surface area contributed by atoms with E-state index < -0.39 is 6.23 Å². The summed E-state index contributed by atoms with van der Waals surface area (Å²) in [5, 5.41) is 3.32. The molecule has 1 unspecified atom stereocenters. The standard InChI is InChI=1S/C11H10N2O/c12-13-11-8-4-7-10(14-11)9-5-2-1-3-6-9/h1-8,11-12H. The number of allylic oxidation sites excluding steroid dienone is 2. The molecule has 14 heavy (non-hydrogen) atoms. The number of nitrogens with zero attached hydrogens (tertiary/aromatic N) is 1. The molecule has 70 valence electrons. The van der Waals surface area contributed by atoms with Crippen LogP contribution in [-0.4, -0.2) is 6.23 Å². The molecule has 0 spiro atoms. The second kappa shape index (κ2) is 3.87. The van der Waals surface area contributed by atoms with Gasteiger partial charge in [0.05, 0.1) is 0 Å². The van der Waals surface area contributed by atoms with E-state index in [0.717, 1.165) is 11.3 Å². The summed E-state index contributed by atoms with van der Waals surface area (Å²) in [4.78, 5) is 0. The molecular weight excluding hydrogens is 176 g/mol. The number of hydrogen-bond donors (Lipinski definition) is 1. The van der Waals surface area contributed by atoms with Crippen LogP contribution in [0.5, 0.6) is 0 Å². The van der Waals surface area contributed by atoms with Crippen LogP contribution >= 0.6 is 0 Å². The summed E-state index contributed by atoms with van der Waals surface area (Å²) in [7, 11) is 0. The molecule has 1 aliphatic heterocycles. The van der Waals surface area contributed by atoms with Gasteiger partial charge in [-0.2, -0.15) is 0 Å². The fraction of sp³-hybridized carbons (Fsp3) is 0.0909. The highest BCUT2D eigenvalue weighted by Crippen LogP contribution is 2.21. The second-order valence-electron chi connectivity index (χ2n) is 2.92. The average Bonchev–Trinajstić information content (AvgIpc) is 2.30. The van der Waals surface area contributed by atoms with Crippen molar-refractivity contribution in [1.29, 1.82) is 5.53 Å². The first kappa shape index (κ1) is 8.69. The number of benzene rings is 1. The number of nitrogens with one attached hydrogen (secondary N) is 1. The average molecular weight is 186 g/mol. The van der Waals surface area contributed by atoms with E-state index in [1.165, 1.54) is 0 Å². The van der Waals surface area contributed by atoms with Crippen LogP contribution < -0.4 is 0 Å². The third-order valence-electron chi connectivity index (χ3n) is 1.96. The Kier molecular flexibility index (Phi) is 2.40. The van der Waals surface area contributed by atoms with Crippen LogP contribution in [0, 0.1) is 5.53 Å². The van der Waals surface area contributed by atoms with Crippen molar-refractivity contribution in [1.82, 2.24) is 0 Å². The first-order valence-electron chi connectivity index (χ1n) is 4.37. The number of ether oxygens (including phenoxy) is 1. The lowest BCUT2D eigenvalue weighted by atomic mass is 10.1. The van der Waals surface area contributed by atoms with E-state index in [0.29, 0.717) is 0 Å². The smallest absolute Gasteiger partial charge is 0.227 e. The molecule has 0 bridgehead atoms. The van der Waals surface area contributed by atoms with Crippen LogP contribution in [0.3, 0.4) is 0 Å². The van der Waals surface area contributed by atoms with Gasteiger partial charge < -0.3 is 4.74 Å². The van der Waals surface area contributed by atoms with Gasteiger partial charge in [-0.3, -0.25) is 0 Å². The maximum atomic E-state index is 6.87. The largest absolute Gasteiger partial charge is 0.463 e. The van der Waals surface area contributed by atoms with Gasteiger partial charge in [-0.15, -0.1) is 5.11 Å². The Balaban J connectivity index is 2.25. The molecule has 1 atom stereocenters. The monoisotopic (exact) mass is 186 g/mol. The summed E-state index contributed by atoms with van der Waals surface area (Å²) in [5.74, 6) is 0.758. The molecule has 3 heteroatoms. The van der Waals surface area contributed by atoms with E-state index in [9.17, 15) is 0 Å². The van der Waals surface area contributed by atoms with Gasteiger partial charge in [-0.05, 0) is 12.2 Å². The number of hydrogen-bond acceptors (Lipinski definition) is 3. The van der Waals surface area contributed by atoms with Crippen LogP contribution in [0.4, 0.5) is 0 Å². The Morgan fingerprint density at radius 3 is 2.71 bits per heavy atom. The molecule has 1 aliphatic rings. The van der Waals surface area contributed by atoms with Crippen molar-refractivity contribution >= 4 is 5.76 Å². The Bertz CT molecular complexity index is 382. The van der Waals surface area contributed by atoms with Crippen molar-refractivity contribution in [3.8, 4) is 0 Å². The zero-order valence-electron chi connectivity index (χ0n) is 7.55. The summed E-state index contributed by atoms with van der Waals surface area (Å²) in [6, 6.07) is 9.78. The van der Waals surface area contributed by atoms with Crippen molar-refractivity contribution in [2.45, 2.75) is 6.23 Å². The van der Waals surface area contributed by atoms with Gasteiger partial charge in [-0.1, -0.05) is 36.4 Å². The predicted molar refractivity (Wildman–Crippen MR) is 53.6 cm³/mol. The Morgan fingerprint density at radius 2 is 2.00 bits per heavy atom. The summed E-state index contributed by atoms with van der Waals surface area (Å²) in [6.07, 6.45) is 4.99. The van der Waals surface area contributed by atoms with Crippen molar-refractivity contribution in [3.63, 3.8) is 0 Å². The van der Waals surface area contributed by atoms with Crippen LogP contribution in [0.25, 0.3) is 5.76 Å². The third kappa shape index (κ3) is 1.71. The summed E-state index contributed by atoms with van der Waals surface area (Å²) in [5.41, 5.74) is 7.88. The lowest BCUT2D eigenvalue weighted by Crippen LogP contribution is -2.07. The molecule has 0 radical (unpaired) electrons. The Labute approximate surface area is 82.2 Å². The molecule has 0 aliphatic carbocycles. The van der Waals surface area contributed by atoms with E-state index in [-0.39, 0.29) is 0 Å². The van der Waals surface area contributed by atoms with E-state index in [2.05, 4.69) is 5.11 Å². The zero-order valence-corrected chi connectivity index (χ0v) is 7.55. The minimum atomic E-state index is -0.477. The molecule has 1 aromatic carbocycles. The molecule has 1 aromatic rings. The third-order valence-corrected chi connectivity index (χ3v) is 1.96. The molecule has 0 saturated carbocycles. The van der Waals surface area contributed by atoms with Crippen LogP contribution in [0.1, 0.15) is 5.56 Å². The van der Waals surface area contributed by atoms with Crippen molar-refractivity contribution in [3.05, 3.63) is 54.1 Å². The zero-order chi connectivity index (χ0) is 9.80. The van der Waals surface area contributed by atoms with Gasteiger partial charge in [0.1, 0.15) is 5.76 Å². The Hall–Kier alpha value is -1.90. The molecule has 1 N–H and O–H groups in total. The van der Waals surface area contributed by atoms with Gasteiger partial charge in [0, 0.05) is 5.56 Å². The van der Waals surface area contributed by atoms with Gasteiger partial charge in [0.2, 0.25) is 6.23 Å². The first-order valence-corrected chi connectivity index (χ1v) is 4.37. The van der Waals surface area contributed by atoms with E-state index in [1.54, 1.807) is 6.08 Å². The quantitative estimate of drug-likeness (QED) is 0.709. The molecule has 3 nitrogen and oxygen atoms in total. The summed E-state index contributed by atoms with van der Waals surface area (Å²) in [6.45, 7) is 0. The molecule has 1 heterocycles. The highest BCUT2D eigenvalue weighted by molar-refractivity contribution is 5.62. The normalized spacial score (nSPS) is 19.7. The molecule has 2 rings (SSSR count). The topological polar surface area (TPSA) is 45.4 Å². The fourth-order valence-corrected chi connectivity index (χ4v) is 1.28. The fourth-order valence-electron chi connectivity index (χ4n) is 1.28. The highest BCUT2D eigenvalue weighted by atomic mass is 16.5. The maximum absolute atomic E-state index is 6.87. The SMILES string of the molecule is N=NC1C=CC=C(c2ccccc2)O1. The van der Waals surface area contributed by atoms with Crippen LogP contribution in [-0.2, 0) is 4.74 Å². The first-order chi connectivity index (χ1) is 6.90. The minimum Gasteiger partial charge on any atom is -0.463 e.